The minimum absolute atomic E-state index is 0.0497. The first-order valence-electron chi connectivity index (χ1n) is 6.08. The van der Waals surface area contributed by atoms with Gasteiger partial charge in [-0.1, -0.05) is 0 Å². The number of hydrogen-bond acceptors (Lipinski definition) is 4. The summed E-state index contributed by atoms with van der Waals surface area (Å²) in [5, 5.41) is 0. The Morgan fingerprint density at radius 1 is 1.44 bits per heavy atom. The zero-order chi connectivity index (χ0) is 11.7. The standard InChI is InChI=1S/C12H21NO3/c1-8-7-16-9(2)6-13(8)11(10-4-5-10)12(14)15-3/h8-11H,4-7H2,1-3H3. The Bertz CT molecular complexity index is 265. The summed E-state index contributed by atoms with van der Waals surface area (Å²) in [6, 6.07) is 0.257. The van der Waals surface area contributed by atoms with Crippen LogP contribution in [-0.2, 0) is 14.3 Å². The van der Waals surface area contributed by atoms with Crippen LogP contribution in [0.1, 0.15) is 26.7 Å². The highest BCUT2D eigenvalue weighted by Crippen LogP contribution is 2.37. The maximum Gasteiger partial charge on any atom is 0.323 e. The number of morpholine rings is 1. The molecule has 0 spiro atoms. The molecule has 1 heterocycles. The maximum absolute atomic E-state index is 11.8. The van der Waals surface area contributed by atoms with E-state index in [1.165, 1.54) is 7.11 Å². The lowest BCUT2D eigenvalue weighted by molar-refractivity contribution is -0.154. The summed E-state index contributed by atoms with van der Waals surface area (Å²) < 4.78 is 10.5. The molecule has 16 heavy (non-hydrogen) atoms. The Hall–Kier alpha value is -0.610. The van der Waals surface area contributed by atoms with Gasteiger partial charge in [0.2, 0.25) is 0 Å². The van der Waals surface area contributed by atoms with E-state index in [0.29, 0.717) is 18.6 Å². The van der Waals surface area contributed by atoms with E-state index in [2.05, 4.69) is 18.7 Å². The third-order valence-corrected chi connectivity index (χ3v) is 3.52. The van der Waals surface area contributed by atoms with E-state index in [1.807, 2.05) is 0 Å². The zero-order valence-electron chi connectivity index (χ0n) is 10.3. The minimum atomic E-state index is -0.0801. The van der Waals surface area contributed by atoms with Gasteiger partial charge in [-0.2, -0.15) is 0 Å². The van der Waals surface area contributed by atoms with Crippen LogP contribution < -0.4 is 0 Å². The second kappa shape index (κ2) is 4.72. The molecule has 4 heteroatoms. The number of hydrogen-bond donors (Lipinski definition) is 0. The summed E-state index contributed by atoms with van der Waals surface area (Å²) in [6.07, 6.45) is 2.51. The summed E-state index contributed by atoms with van der Waals surface area (Å²) in [6.45, 7) is 5.71. The smallest absolute Gasteiger partial charge is 0.323 e. The van der Waals surface area contributed by atoms with Gasteiger partial charge in [0.1, 0.15) is 6.04 Å². The Morgan fingerprint density at radius 2 is 2.12 bits per heavy atom. The van der Waals surface area contributed by atoms with Gasteiger partial charge in [-0.05, 0) is 32.6 Å². The predicted molar refractivity (Wildman–Crippen MR) is 60.1 cm³/mol. The third kappa shape index (κ3) is 2.38. The molecule has 2 fully saturated rings. The molecule has 3 atom stereocenters. The van der Waals surface area contributed by atoms with Crippen molar-refractivity contribution >= 4 is 5.97 Å². The molecule has 4 nitrogen and oxygen atoms in total. The molecule has 0 amide bonds. The molecular weight excluding hydrogens is 206 g/mol. The largest absolute Gasteiger partial charge is 0.468 e. The fraction of sp³-hybridized carbons (Fsp3) is 0.917. The van der Waals surface area contributed by atoms with Crippen molar-refractivity contribution in [2.45, 2.75) is 44.9 Å². The number of nitrogens with zero attached hydrogens (tertiary/aromatic N) is 1. The normalized spacial score (nSPS) is 33.4. The molecular formula is C12H21NO3. The van der Waals surface area contributed by atoms with Crippen LogP contribution in [0.2, 0.25) is 0 Å². The van der Waals surface area contributed by atoms with Crippen molar-refractivity contribution in [1.82, 2.24) is 4.90 Å². The predicted octanol–water partition coefficient (Wildman–Crippen LogP) is 1.05. The number of carbonyl (C=O) groups excluding carboxylic acids is 1. The van der Waals surface area contributed by atoms with Gasteiger partial charge in [0.25, 0.3) is 0 Å². The summed E-state index contributed by atoms with van der Waals surface area (Å²) in [7, 11) is 1.48. The lowest BCUT2D eigenvalue weighted by Gasteiger charge is -2.40. The van der Waals surface area contributed by atoms with Gasteiger partial charge in [-0.15, -0.1) is 0 Å². The van der Waals surface area contributed by atoms with E-state index in [0.717, 1.165) is 19.4 Å². The Morgan fingerprint density at radius 3 is 2.69 bits per heavy atom. The molecule has 0 aromatic rings. The summed E-state index contributed by atoms with van der Waals surface area (Å²) in [5.41, 5.74) is 0. The van der Waals surface area contributed by atoms with Crippen LogP contribution in [0.15, 0.2) is 0 Å². The first-order valence-corrected chi connectivity index (χ1v) is 6.08. The number of esters is 1. The highest BCUT2D eigenvalue weighted by Gasteiger charge is 2.44. The highest BCUT2D eigenvalue weighted by molar-refractivity contribution is 5.76. The second-order valence-electron chi connectivity index (χ2n) is 5.00. The number of methoxy groups -OCH3 is 1. The molecule has 92 valence electrons. The molecule has 2 rings (SSSR count). The van der Waals surface area contributed by atoms with Crippen molar-refractivity contribution in [1.29, 1.82) is 0 Å². The van der Waals surface area contributed by atoms with Gasteiger partial charge in [-0.3, -0.25) is 9.69 Å². The highest BCUT2D eigenvalue weighted by atomic mass is 16.5. The number of carbonyl (C=O) groups is 1. The Kier molecular flexibility index (Phi) is 3.50. The number of rotatable bonds is 3. The molecule has 0 bridgehead atoms. The molecule has 0 aromatic heterocycles. The molecule has 1 saturated heterocycles. The SMILES string of the molecule is COC(=O)C(C1CC1)N1CC(C)OCC1C. The zero-order valence-corrected chi connectivity index (χ0v) is 10.3. The molecule has 0 N–H and O–H groups in total. The van der Waals surface area contributed by atoms with Gasteiger partial charge < -0.3 is 9.47 Å². The van der Waals surface area contributed by atoms with E-state index < -0.39 is 0 Å². The van der Waals surface area contributed by atoms with Crippen molar-refractivity contribution < 1.29 is 14.3 Å². The molecule has 1 aliphatic carbocycles. The van der Waals surface area contributed by atoms with E-state index >= 15 is 0 Å². The second-order valence-corrected chi connectivity index (χ2v) is 5.00. The van der Waals surface area contributed by atoms with E-state index in [4.69, 9.17) is 9.47 Å². The fourth-order valence-electron chi connectivity index (χ4n) is 2.45. The average molecular weight is 227 g/mol. The molecule has 2 aliphatic rings. The van der Waals surface area contributed by atoms with Crippen LogP contribution in [0.3, 0.4) is 0 Å². The van der Waals surface area contributed by atoms with E-state index in [9.17, 15) is 4.79 Å². The van der Waals surface area contributed by atoms with Crippen molar-refractivity contribution in [2.24, 2.45) is 5.92 Å². The summed E-state index contributed by atoms with van der Waals surface area (Å²) in [4.78, 5) is 14.1. The first-order chi connectivity index (χ1) is 7.63. The van der Waals surface area contributed by atoms with E-state index in [1.54, 1.807) is 0 Å². The van der Waals surface area contributed by atoms with Crippen LogP contribution in [0, 0.1) is 5.92 Å². The van der Waals surface area contributed by atoms with Gasteiger partial charge in [0, 0.05) is 12.6 Å². The fourth-order valence-corrected chi connectivity index (χ4v) is 2.45. The molecule has 0 radical (unpaired) electrons. The van der Waals surface area contributed by atoms with Gasteiger partial charge >= 0.3 is 5.97 Å². The van der Waals surface area contributed by atoms with Crippen LogP contribution in [-0.4, -0.2) is 49.3 Å². The average Bonchev–Trinajstić information content (AvgIpc) is 3.07. The quantitative estimate of drug-likeness (QED) is 0.675. The van der Waals surface area contributed by atoms with Crippen molar-refractivity contribution in [3.8, 4) is 0 Å². The van der Waals surface area contributed by atoms with E-state index in [-0.39, 0.29) is 18.1 Å². The third-order valence-electron chi connectivity index (χ3n) is 3.52. The topological polar surface area (TPSA) is 38.8 Å². The number of ether oxygens (including phenoxy) is 2. The van der Waals surface area contributed by atoms with Crippen molar-refractivity contribution in [3.05, 3.63) is 0 Å². The van der Waals surface area contributed by atoms with Crippen LogP contribution in [0.5, 0.6) is 0 Å². The van der Waals surface area contributed by atoms with Gasteiger partial charge in [0.15, 0.2) is 0 Å². The molecule has 0 aromatic carbocycles. The van der Waals surface area contributed by atoms with Crippen molar-refractivity contribution in [2.75, 3.05) is 20.3 Å². The lowest BCUT2D eigenvalue weighted by atomic mass is 10.1. The van der Waals surface area contributed by atoms with Crippen LogP contribution in [0.25, 0.3) is 0 Å². The minimum Gasteiger partial charge on any atom is -0.468 e. The lowest BCUT2D eigenvalue weighted by Crippen LogP contribution is -2.55. The Labute approximate surface area is 96.9 Å². The van der Waals surface area contributed by atoms with Crippen LogP contribution in [0.4, 0.5) is 0 Å². The molecule has 1 aliphatic heterocycles. The summed E-state index contributed by atoms with van der Waals surface area (Å²) in [5.74, 6) is 0.420. The molecule has 1 saturated carbocycles. The Balaban J connectivity index is 2.08. The monoisotopic (exact) mass is 227 g/mol. The van der Waals surface area contributed by atoms with Crippen LogP contribution >= 0.6 is 0 Å². The van der Waals surface area contributed by atoms with Gasteiger partial charge in [-0.25, -0.2) is 0 Å². The van der Waals surface area contributed by atoms with Gasteiger partial charge in [0.05, 0.1) is 19.8 Å². The van der Waals surface area contributed by atoms with Crippen molar-refractivity contribution in [3.63, 3.8) is 0 Å². The molecule has 3 unspecified atom stereocenters. The maximum atomic E-state index is 11.8. The summed E-state index contributed by atoms with van der Waals surface area (Å²) >= 11 is 0. The first kappa shape index (κ1) is 11.9.